The van der Waals surface area contributed by atoms with Crippen LogP contribution >= 0.6 is 22.9 Å². The van der Waals surface area contributed by atoms with Gasteiger partial charge in [0, 0.05) is 24.7 Å². The van der Waals surface area contributed by atoms with Gasteiger partial charge in [-0.3, -0.25) is 4.40 Å². The molecule has 0 atom stereocenters. The van der Waals surface area contributed by atoms with Gasteiger partial charge in [-0.05, 0) is 12.8 Å². The van der Waals surface area contributed by atoms with E-state index in [9.17, 15) is 8.42 Å². The molecule has 3 heterocycles. The van der Waals surface area contributed by atoms with E-state index in [4.69, 9.17) is 11.6 Å². The first-order valence-electron chi connectivity index (χ1n) is 5.96. The number of nitrogens with one attached hydrogen (secondary N) is 1. The Balaban J connectivity index is 1.94. The third kappa shape index (κ3) is 2.50. The van der Waals surface area contributed by atoms with Crippen molar-refractivity contribution in [3.05, 3.63) is 16.7 Å². The summed E-state index contributed by atoms with van der Waals surface area (Å²) in [5.41, 5.74) is 0. The van der Waals surface area contributed by atoms with Gasteiger partial charge in [-0.2, -0.15) is 0 Å². The number of hydrogen-bond acceptors (Lipinski definition) is 5. The molecule has 0 aliphatic carbocycles. The van der Waals surface area contributed by atoms with E-state index in [1.807, 2.05) is 0 Å². The van der Waals surface area contributed by atoms with Crippen molar-refractivity contribution in [3.8, 4) is 0 Å². The van der Waals surface area contributed by atoms with Crippen LogP contribution in [0.4, 0.5) is 0 Å². The van der Waals surface area contributed by atoms with E-state index >= 15 is 0 Å². The lowest BCUT2D eigenvalue weighted by Crippen LogP contribution is -2.45. The molecule has 1 fully saturated rings. The second-order valence-corrected chi connectivity index (χ2v) is 7.21. The third-order valence-corrected chi connectivity index (χ3v) is 5.57. The van der Waals surface area contributed by atoms with Gasteiger partial charge in [0.05, 0.1) is 0 Å². The van der Waals surface area contributed by atoms with Crippen LogP contribution in [0.2, 0.25) is 5.15 Å². The van der Waals surface area contributed by atoms with Crippen molar-refractivity contribution in [2.45, 2.75) is 24.3 Å². The second-order valence-electron chi connectivity index (χ2n) is 4.41. The van der Waals surface area contributed by atoms with Crippen LogP contribution < -0.4 is 4.83 Å². The SMILES string of the molecule is O=S(=O)(NN1CCCCC1)c1c(Cl)nc2sccn12. The predicted molar refractivity (Wildman–Crippen MR) is 73.8 cm³/mol. The topological polar surface area (TPSA) is 66.7 Å². The number of thiazole rings is 1. The van der Waals surface area contributed by atoms with Crippen molar-refractivity contribution >= 4 is 37.9 Å². The van der Waals surface area contributed by atoms with Crippen molar-refractivity contribution in [1.29, 1.82) is 0 Å². The fourth-order valence-electron chi connectivity index (χ4n) is 2.18. The minimum absolute atomic E-state index is 0.0102. The lowest BCUT2D eigenvalue weighted by atomic mass is 10.2. The number of fused-ring (bicyclic) bond motifs is 1. The molecule has 1 aliphatic heterocycles. The van der Waals surface area contributed by atoms with Gasteiger partial charge in [0.15, 0.2) is 15.1 Å². The Labute approximate surface area is 120 Å². The zero-order valence-corrected chi connectivity index (χ0v) is 12.4. The van der Waals surface area contributed by atoms with Crippen LogP contribution in [0.1, 0.15) is 19.3 Å². The molecule has 6 nitrogen and oxygen atoms in total. The quantitative estimate of drug-likeness (QED) is 0.935. The Morgan fingerprint density at radius 3 is 2.79 bits per heavy atom. The average Bonchev–Trinajstić information content (AvgIpc) is 2.88. The first kappa shape index (κ1) is 13.3. The fourth-order valence-corrected chi connectivity index (χ4v) is 4.76. The van der Waals surface area contributed by atoms with Gasteiger partial charge in [-0.25, -0.2) is 18.4 Å². The highest BCUT2D eigenvalue weighted by Gasteiger charge is 2.27. The summed E-state index contributed by atoms with van der Waals surface area (Å²) in [6, 6.07) is 0. The number of nitrogens with zero attached hydrogens (tertiary/aromatic N) is 3. The molecule has 0 amide bonds. The second kappa shape index (κ2) is 5.02. The third-order valence-electron chi connectivity index (χ3n) is 3.04. The summed E-state index contributed by atoms with van der Waals surface area (Å²) in [7, 11) is -3.69. The van der Waals surface area contributed by atoms with E-state index in [1.54, 1.807) is 16.6 Å². The molecule has 104 valence electrons. The van der Waals surface area contributed by atoms with Gasteiger partial charge in [0.25, 0.3) is 10.0 Å². The number of hydrazine groups is 1. The van der Waals surface area contributed by atoms with E-state index in [-0.39, 0.29) is 10.2 Å². The molecule has 2 aromatic heterocycles. The largest absolute Gasteiger partial charge is 0.279 e. The van der Waals surface area contributed by atoms with Gasteiger partial charge in [0.2, 0.25) is 0 Å². The van der Waals surface area contributed by atoms with Gasteiger partial charge < -0.3 is 0 Å². The maximum atomic E-state index is 12.4. The van der Waals surface area contributed by atoms with Crippen LogP contribution in [-0.4, -0.2) is 35.9 Å². The monoisotopic (exact) mass is 320 g/mol. The summed E-state index contributed by atoms with van der Waals surface area (Å²) in [5.74, 6) is 0. The number of rotatable bonds is 3. The molecule has 0 unspecified atom stereocenters. The minimum atomic E-state index is -3.69. The molecule has 1 saturated heterocycles. The van der Waals surface area contributed by atoms with Crippen molar-refractivity contribution in [2.24, 2.45) is 0 Å². The summed E-state index contributed by atoms with van der Waals surface area (Å²) in [4.78, 5) is 7.20. The zero-order valence-electron chi connectivity index (χ0n) is 10.0. The number of imidazole rings is 1. The summed E-state index contributed by atoms with van der Waals surface area (Å²) < 4.78 is 26.3. The Bertz CT molecular complexity index is 688. The van der Waals surface area contributed by atoms with Crippen molar-refractivity contribution in [2.75, 3.05) is 13.1 Å². The fraction of sp³-hybridized carbons (Fsp3) is 0.500. The number of aromatic nitrogens is 2. The van der Waals surface area contributed by atoms with E-state index in [0.717, 1.165) is 32.4 Å². The van der Waals surface area contributed by atoms with Gasteiger partial charge >= 0.3 is 0 Å². The molecule has 9 heteroatoms. The van der Waals surface area contributed by atoms with E-state index in [1.165, 1.54) is 15.7 Å². The normalized spacial score (nSPS) is 18.2. The predicted octanol–water partition coefficient (Wildman–Crippen LogP) is 1.73. The van der Waals surface area contributed by atoms with Crippen LogP contribution in [0, 0.1) is 0 Å². The minimum Gasteiger partial charge on any atom is -0.279 e. The van der Waals surface area contributed by atoms with Crippen LogP contribution in [0.15, 0.2) is 16.6 Å². The van der Waals surface area contributed by atoms with Crippen LogP contribution in [0.5, 0.6) is 0 Å². The van der Waals surface area contributed by atoms with Gasteiger partial charge in [-0.1, -0.05) is 18.0 Å². The Morgan fingerprint density at radius 2 is 2.05 bits per heavy atom. The summed E-state index contributed by atoms with van der Waals surface area (Å²) in [5, 5.41) is 3.52. The maximum Gasteiger partial charge on any atom is 0.272 e. The molecule has 2 aromatic rings. The molecule has 0 bridgehead atoms. The van der Waals surface area contributed by atoms with Crippen molar-refractivity contribution in [1.82, 2.24) is 19.2 Å². The molecule has 3 rings (SSSR count). The number of hydrogen-bond donors (Lipinski definition) is 1. The highest BCUT2D eigenvalue weighted by atomic mass is 35.5. The Hall–Kier alpha value is -0.670. The summed E-state index contributed by atoms with van der Waals surface area (Å²) >= 11 is 7.29. The highest BCUT2D eigenvalue weighted by Crippen LogP contribution is 2.25. The number of halogens is 1. The molecule has 0 aromatic carbocycles. The van der Waals surface area contributed by atoms with Crippen LogP contribution in [-0.2, 0) is 10.0 Å². The molecule has 0 spiro atoms. The summed E-state index contributed by atoms with van der Waals surface area (Å²) in [6.07, 6.45) is 4.79. The number of sulfonamides is 1. The molecular weight excluding hydrogens is 308 g/mol. The first-order chi connectivity index (χ1) is 9.08. The van der Waals surface area contributed by atoms with Crippen LogP contribution in [0.3, 0.4) is 0 Å². The molecule has 1 aliphatic rings. The molecule has 0 saturated carbocycles. The van der Waals surface area contributed by atoms with Gasteiger partial charge in [-0.15, -0.1) is 16.2 Å². The lowest BCUT2D eigenvalue weighted by Gasteiger charge is -2.26. The van der Waals surface area contributed by atoms with Gasteiger partial charge in [0.1, 0.15) is 0 Å². The van der Waals surface area contributed by atoms with Crippen LogP contribution in [0.25, 0.3) is 4.96 Å². The van der Waals surface area contributed by atoms with E-state index in [2.05, 4.69) is 9.82 Å². The Kier molecular flexibility index (Phi) is 3.52. The van der Waals surface area contributed by atoms with E-state index < -0.39 is 10.0 Å². The molecule has 19 heavy (non-hydrogen) atoms. The molecule has 1 N–H and O–H groups in total. The Morgan fingerprint density at radius 1 is 1.32 bits per heavy atom. The zero-order chi connectivity index (χ0) is 13.5. The first-order valence-corrected chi connectivity index (χ1v) is 8.70. The summed E-state index contributed by atoms with van der Waals surface area (Å²) in [6.45, 7) is 1.45. The van der Waals surface area contributed by atoms with E-state index in [0.29, 0.717) is 4.96 Å². The maximum absolute atomic E-state index is 12.4. The molecule has 0 radical (unpaired) electrons. The standard InChI is InChI=1S/C10H13ClN4O2S2/c11-8-9(15-6-7-18-10(15)12-8)19(16,17)13-14-4-2-1-3-5-14/h6-7,13H,1-5H2. The molecular formula is C10H13ClN4O2S2. The van der Waals surface area contributed by atoms with Crippen molar-refractivity contribution < 1.29 is 8.42 Å². The number of piperidine rings is 1. The van der Waals surface area contributed by atoms with Crippen molar-refractivity contribution in [3.63, 3.8) is 0 Å². The smallest absolute Gasteiger partial charge is 0.272 e. The lowest BCUT2D eigenvalue weighted by molar-refractivity contribution is 0.199. The highest BCUT2D eigenvalue weighted by molar-refractivity contribution is 7.89. The average molecular weight is 321 g/mol.